The summed E-state index contributed by atoms with van der Waals surface area (Å²) in [6.45, 7) is 1.24. The van der Waals surface area contributed by atoms with E-state index in [-0.39, 0.29) is 17.9 Å². The molecule has 1 aromatic rings. The van der Waals surface area contributed by atoms with E-state index in [9.17, 15) is 18.0 Å². The summed E-state index contributed by atoms with van der Waals surface area (Å²) in [4.78, 5) is 16.1. The summed E-state index contributed by atoms with van der Waals surface area (Å²) in [5, 5.41) is 4.20. The molecule has 8 heteroatoms. The highest BCUT2D eigenvalue weighted by molar-refractivity contribution is 5.79. The van der Waals surface area contributed by atoms with Gasteiger partial charge in [0, 0.05) is 24.9 Å². The fraction of sp³-hybridized carbons (Fsp3) is 0.750. The molecule has 134 valence electrons. The molecule has 0 unspecified atom stereocenters. The summed E-state index contributed by atoms with van der Waals surface area (Å²) in [6, 6.07) is 2.00. The molecule has 3 heterocycles. The predicted molar refractivity (Wildman–Crippen MR) is 82.2 cm³/mol. The van der Waals surface area contributed by atoms with Crippen LogP contribution in [0.2, 0.25) is 0 Å². The smallest absolute Gasteiger partial charge is 0.338 e. The van der Waals surface area contributed by atoms with E-state index in [1.54, 1.807) is 6.20 Å². The maximum atomic E-state index is 12.8. The molecule has 2 aliphatic rings. The molecule has 0 aliphatic carbocycles. The van der Waals surface area contributed by atoms with Gasteiger partial charge in [-0.1, -0.05) is 0 Å². The van der Waals surface area contributed by atoms with Gasteiger partial charge in [-0.2, -0.15) is 18.3 Å². The molecule has 24 heavy (non-hydrogen) atoms. The first-order valence-corrected chi connectivity index (χ1v) is 8.49. The number of rotatable bonds is 4. The first-order chi connectivity index (χ1) is 11.4. The Bertz CT molecular complexity index is 538. The zero-order valence-electron chi connectivity index (χ0n) is 13.6. The van der Waals surface area contributed by atoms with E-state index in [1.807, 2.05) is 21.8 Å². The highest BCUT2D eigenvalue weighted by Crippen LogP contribution is 2.27. The van der Waals surface area contributed by atoms with Crippen LogP contribution in [-0.4, -0.2) is 63.9 Å². The van der Waals surface area contributed by atoms with Crippen molar-refractivity contribution in [2.45, 2.75) is 44.4 Å². The monoisotopic (exact) mass is 344 g/mol. The van der Waals surface area contributed by atoms with Gasteiger partial charge in [-0.25, -0.2) is 0 Å². The number of carbonyl (C=O) groups is 1. The number of hydrogen-bond donors (Lipinski definition) is 0. The number of piperidine rings is 1. The summed E-state index contributed by atoms with van der Waals surface area (Å²) in [7, 11) is 0. The Hall–Kier alpha value is -1.57. The minimum atomic E-state index is -4.17. The second-order valence-corrected chi connectivity index (χ2v) is 6.72. The van der Waals surface area contributed by atoms with E-state index in [1.165, 1.54) is 4.90 Å². The molecule has 0 spiro atoms. The van der Waals surface area contributed by atoms with Gasteiger partial charge in [0.2, 0.25) is 5.91 Å². The number of likely N-dealkylation sites (tertiary alicyclic amines) is 2. The first kappa shape index (κ1) is 17.3. The van der Waals surface area contributed by atoms with Crippen LogP contribution in [-0.2, 0) is 11.3 Å². The molecule has 0 saturated carbocycles. The number of halogens is 3. The molecular weight excluding hydrogens is 321 g/mol. The molecular formula is C16H23F3N4O. The normalized spacial score (nSPS) is 23.8. The van der Waals surface area contributed by atoms with Crippen molar-refractivity contribution in [3.63, 3.8) is 0 Å². The molecule has 2 fully saturated rings. The Kier molecular flexibility index (Phi) is 5.12. The van der Waals surface area contributed by atoms with Gasteiger partial charge in [0.25, 0.3) is 0 Å². The Morgan fingerprint density at radius 2 is 1.92 bits per heavy atom. The SMILES string of the molecule is O=C(C1CCN(CC(F)(F)F)CC1)N1CCC[C@H]1Cn1cccn1. The predicted octanol–water partition coefficient (Wildman–Crippen LogP) is 2.15. The van der Waals surface area contributed by atoms with Crippen LogP contribution in [0.1, 0.15) is 25.7 Å². The Balaban J connectivity index is 1.53. The van der Waals surface area contributed by atoms with E-state index < -0.39 is 12.7 Å². The Labute approximate surface area is 139 Å². The lowest BCUT2D eigenvalue weighted by molar-refractivity contribution is -0.151. The number of nitrogens with zero attached hydrogens (tertiary/aromatic N) is 4. The van der Waals surface area contributed by atoms with Gasteiger partial charge in [0.05, 0.1) is 19.1 Å². The summed E-state index contributed by atoms with van der Waals surface area (Å²) >= 11 is 0. The molecule has 0 radical (unpaired) electrons. The molecule has 3 rings (SSSR count). The third-order valence-corrected chi connectivity index (χ3v) is 4.96. The number of carbonyl (C=O) groups excluding carboxylic acids is 1. The van der Waals surface area contributed by atoms with Gasteiger partial charge in [-0.15, -0.1) is 0 Å². The third-order valence-electron chi connectivity index (χ3n) is 4.96. The van der Waals surface area contributed by atoms with Crippen LogP contribution in [0.4, 0.5) is 13.2 Å². The lowest BCUT2D eigenvalue weighted by Gasteiger charge is -2.35. The van der Waals surface area contributed by atoms with Gasteiger partial charge in [-0.3, -0.25) is 14.4 Å². The quantitative estimate of drug-likeness (QED) is 0.840. The van der Waals surface area contributed by atoms with Crippen molar-refractivity contribution < 1.29 is 18.0 Å². The van der Waals surface area contributed by atoms with Crippen molar-refractivity contribution in [2.24, 2.45) is 5.92 Å². The van der Waals surface area contributed by atoms with Gasteiger partial charge in [0.1, 0.15) is 0 Å². The number of alkyl halides is 3. The van der Waals surface area contributed by atoms with Crippen molar-refractivity contribution in [3.05, 3.63) is 18.5 Å². The summed E-state index contributed by atoms with van der Waals surface area (Å²) in [6.07, 6.45) is 2.40. The Morgan fingerprint density at radius 1 is 1.17 bits per heavy atom. The van der Waals surface area contributed by atoms with Gasteiger partial charge < -0.3 is 4.90 Å². The average molecular weight is 344 g/mol. The van der Waals surface area contributed by atoms with E-state index in [0.29, 0.717) is 32.5 Å². The van der Waals surface area contributed by atoms with Crippen LogP contribution in [0.3, 0.4) is 0 Å². The van der Waals surface area contributed by atoms with E-state index >= 15 is 0 Å². The fourth-order valence-electron chi connectivity index (χ4n) is 3.77. The van der Waals surface area contributed by atoms with Crippen LogP contribution in [0.5, 0.6) is 0 Å². The maximum Gasteiger partial charge on any atom is 0.401 e. The van der Waals surface area contributed by atoms with Gasteiger partial charge in [0.15, 0.2) is 0 Å². The standard InChI is InChI=1S/C16H23F3N4O/c17-16(18,19)12-21-9-4-13(5-10-21)15(24)23-8-1-3-14(23)11-22-7-2-6-20-22/h2,6-7,13-14H,1,3-5,8-12H2/t14-/m0/s1. The molecule has 0 aromatic carbocycles. The minimum absolute atomic E-state index is 0.108. The van der Waals surface area contributed by atoms with E-state index in [2.05, 4.69) is 5.10 Å². The topological polar surface area (TPSA) is 41.4 Å². The Morgan fingerprint density at radius 3 is 2.54 bits per heavy atom. The molecule has 2 saturated heterocycles. The van der Waals surface area contributed by atoms with Crippen molar-refractivity contribution in [2.75, 3.05) is 26.2 Å². The number of amides is 1. The number of aromatic nitrogens is 2. The molecule has 1 amide bonds. The molecule has 0 N–H and O–H groups in total. The molecule has 5 nitrogen and oxygen atoms in total. The molecule has 1 atom stereocenters. The van der Waals surface area contributed by atoms with Gasteiger partial charge in [-0.05, 0) is 44.8 Å². The van der Waals surface area contributed by atoms with Crippen molar-refractivity contribution in [3.8, 4) is 0 Å². The fourth-order valence-corrected chi connectivity index (χ4v) is 3.77. The highest BCUT2D eigenvalue weighted by Gasteiger charge is 2.37. The third kappa shape index (κ3) is 4.28. The molecule has 0 bridgehead atoms. The largest absolute Gasteiger partial charge is 0.401 e. The van der Waals surface area contributed by atoms with E-state index in [0.717, 1.165) is 19.4 Å². The lowest BCUT2D eigenvalue weighted by atomic mass is 9.95. The maximum absolute atomic E-state index is 12.8. The average Bonchev–Trinajstić information content (AvgIpc) is 3.18. The highest BCUT2D eigenvalue weighted by atomic mass is 19.4. The summed E-state index contributed by atoms with van der Waals surface area (Å²) in [5.74, 6) is -0.0379. The summed E-state index contributed by atoms with van der Waals surface area (Å²) < 4.78 is 39.2. The van der Waals surface area contributed by atoms with Crippen LogP contribution < -0.4 is 0 Å². The van der Waals surface area contributed by atoms with Crippen LogP contribution >= 0.6 is 0 Å². The second kappa shape index (κ2) is 7.13. The summed E-state index contributed by atoms with van der Waals surface area (Å²) in [5.41, 5.74) is 0. The van der Waals surface area contributed by atoms with Crippen molar-refractivity contribution in [1.82, 2.24) is 19.6 Å². The molecule has 2 aliphatic heterocycles. The van der Waals surface area contributed by atoms with Gasteiger partial charge >= 0.3 is 6.18 Å². The zero-order chi connectivity index (χ0) is 17.2. The van der Waals surface area contributed by atoms with Crippen LogP contribution in [0, 0.1) is 5.92 Å². The first-order valence-electron chi connectivity index (χ1n) is 8.49. The lowest BCUT2D eigenvalue weighted by Crippen LogP contribution is -2.46. The zero-order valence-corrected chi connectivity index (χ0v) is 13.6. The van der Waals surface area contributed by atoms with Crippen LogP contribution in [0.15, 0.2) is 18.5 Å². The minimum Gasteiger partial charge on any atom is -0.338 e. The second-order valence-electron chi connectivity index (χ2n) is 6.72. The molecule has 1 aromatic heterocycles. The van der Waals surface area contributed by atoms with Crippen molar-refractivity contribution in [1.29, 1.82) is 0 Å². The van der Waals surface area contributed by atoms with E-state index in [4.69, 9.17) is 0 Å². The number of hydrogen-bond acceptors (Lipinski definition) is 3. The van der Waals surface area contributed by atoms with Crippen molar-refractivity contribution >= 4 is 5.91 Å². The van der Waals surface area contributed by atoms with Crippen LogP contribution in [0.25, 0.3) is 0 Å².